The van der Waals surface area contributed by atoms with Crippen molar-refractivity contribution in [2.75, 3.05) is 0 Å². The minimum atomic E-state index is -0.192. The van der Waals surface area contributed by atoms with Crippen LogP contribution in [0.1, 0.15) is 5.82 Å². The molecule has 0 saturated carbocycles. The number of hydrogen-bond acceptors (Lipinski definition) is 4. The summed E-state index contributed by atoms with van der Waals surface area (Å²) in [5.41, 5.74) is 6.40. The number of benzene rings is 2. The van der Waals surface area contributed by atoms with Crippen molar-refractivity contribution in [3.8, 4) is 5.69 Å². The molecule has 3 rings (SSSR count). The Bertz CT molecular complexity index is 960. The van der Waals surface area contributed by atoms with Gasteiger partial charge in [0, 0.05) is 0 Å². The maximum atomic E-state index is 12.9. The summed E-state index contributed by atoms with van der Waals surface area (Å²) in [5.74, 6) is 0.808. The van der Waals surface area contributed by atoms with Crippen LogP contribution < -0.4 is 11.3 Å². The molecule has 0 unspecified atom stereocenters. The Balaban J connectivity index is 0.00000208. The maximum absolute atomic E-state index is 12.9. The first-order valence-electron chi connectivity index (χ1n) is 6.80. The molecule has 1 heterocycles. The first kappa shape index (κ1) is 18.5. The summed E-state index contributed by atoms with van der Waals surface area (Å²) >= 11 is 7.37. The van der Waals surface area contributed by atoms with Crippen LogP contribution in [0, 0.1) is 5.41 Å². The summed E-state index contributed by atoms with van der Waals surface area (Å²) in [4.78, 5) is 17.5. The highest BCUT2D eigenvalue weighted by Gasteiger charge is 2.14. The number of nitrogens with one attached hydrogen (secondary N) is 1. The second-order valence-corrected chi connectivity index (χ2v) is 6.21. The number of halogens is 2. The summed E-state index contributed by atoms with van der Waals surface area (Å²) in [7, 11) is 0. The normalized spacial score (nSPS) is 10.4. The number of para-hydroxylation sites is 2. The van der Waals surface area contributed by atoms with Crippen LogP contribution in [-0.2, 0) is 5.75 Å². The molecule has 8 heteroatoms. The number of thioether (sulfide) groups is 1. The van der Waals surface area contributed by atoms with E-state index in [0.717, 1.165) is 11.8 Å². The molecule has 0 atom stereocenters. The lowest BCUT2D eigenvalue weighted by molar-refractivity contribution is 0.885. The fraction of sp³-hybridized carbons (Fsp3) is 0.0625. The molecule has 0 bridgehead atoms. The van der Waals surface area contributed by atoms with Gasteiger partial charge >= 0.3 is 0 Å². The Morgan fingerprint density at radius 2 is 1.88 bits per heavy atom. The largest absolute Gasteiger partial charge is 0.379 e. The van der Waals surface area contributed by atoms with Crippen molar-refractivity contribution in [2.45, 2.75) is 5.75 Å². The number of hydrogen-bond donors (Lipinski definition) is 2. The summed E-state index contributed by atoms with van der Waals surface area (Å²) in [6.07, 6.45) is 0. The Labute approximate surface area is 158 Å². The van der Waals surface area contributed by atoms with E-state index in [1.54, 1.807) is 36.4 Å². The van der Waals surface area contributed by atoms with Gasteiger partial charge in [0.2, 0.25) is 0 Å². The van der Waals surface area contributed by atoms with Crippen molar-refractivity contribution in [1.82, 2.24) is 9.55 Å². The van der Waals surface area contributed by atoms with Gasteiger partial charge in [-0.25, -0.2) is 4.98 Å². The average molecular weight is 426 g/mol. The molecular formula is C16H14BrClN4OS. The predicted molar refractivity (Wildman–Crippen MR) is 106 cm³/mol. The van der Waals surface area contributed by atoms with Gasteiger partial charge in [0.05, 0.1) is 27.4 Å². The second kappa shape index (κ2) is 7.83. The van der Waals surface area contributed by atoms with E-state index in [2.05, 4.69) is 4.98 Å². The van der Waals surface area contributed by atoms with Crippen LogP contribution >= 0.6 is 40.3 Å². The maximum Gasteiger partial charge on any atom is 0.266 e. The van der Waals surface area contributed by atoms with Gasteiger partial charge in [0.1, 0.15) is 5.82 Å². The summed E-state index contributed by atoms with van der Waals surface area (Å²) in [6, 6.07) is 14.3. The summed E-state index contributed by atoms with van der Waals surface area (Å²) in [5, 5.41) is 8.32. The highest BCUT2D eigenvalue weighted by Crippen LogP contribution is 2.22. The molecule has 0 aliphatic heterocycles. The molecule has 2 aromatic carbocycles. The van der Waals surface area contributed by atoms with Crippen molar-refractivity contribution in [2.24, 2.45) is 5.73 Å². The zero-order valence-electron chi connectivity index (χ0n) is 12.4. The van der Waals surface area contributed by atoms with Gasteiger partial charge in [0.15, 0.2) is 5.17 Å². The standard InChI is InChI=1S/C16H13ClN4OS.BrH/c17-11-6-2-4-8-13(11)21-14(9-23-16(18)19)20-12-7-3-1-5-10(12)15(21)22;/h1-8H,9H2,(H3,18,19);1H. The van der Waals surface area contributed by atoms with Crippen molar-refractivity contribution < 1.29 is 0 Å². The highest BCUT2D eigenvalue weighted by atomic mass is 79.9. The molecule has 3 N–H and O–H groups in total. The average Bonchev–Trinajstić information content (AvgIpc) is 2.54. The monoisotopic (exact) mass is 424 g/mol. The number of nitrogens with two attached hydrogens (primary N) is 1. The number of aromatic nitrogens is 2. The SMILES string of the molecule is Br.N=C(N)SCc1nc2ccccc2c(=O)n1-c1ccccc1Cl. The second-order valence-electron chi connectivity index (χ2n) is 4.79. The molecule has 5 nitrogen and oxygen atoms in total. The molecule has 0 spiro atoms. The predicted octanol–water partition coefficient (Wildman–Crippen LogP) is 3.74. The van der Waals surface area contributed by atoms with Crippen molar-refractivity contribution >= 4 is 56.4 Å². The van der Waals surface area contributed by atoms with Crippen molar-refractivity contribution in [3.05, 3.63) is 69.7 Å². The molecule has 24 heavy (non-hydrogen) atoms. The number of amidine groups is 1. The third kappa shape index (κ3) is 3.63. The van der Waals surface area contributed by atoms with Crippen LogP contribution in [0.3, 0.4) is 0 Å². The van der Waals surface area contributed by atoms with Crippen LogP contribution in [0.25, 0.3) is 16.6 Å². The van der Waals surface area contributed by atoms with Crippen LogP contribution in [0.2, 0.25) is 5.02 Å². The molecule has 0 aliphatic rings. The number of fused-ring (bicyclic) bond motifs is 1. The van der Waals surface area contributed by atoms with Gasteiger partial charge in [-0.05, 0) is 24.3 Å². The van der Waals surface area contributed by atoms with Crippen LogP contribution in [0.4, 0.5) is 0 Å². The minimum absolute atomic E-state index is 0. The zero-order valence-corrected chi connectivity index (χ0v) is 15.7. The van der Waals surface area contributed by atoms with Crippen LogP contribution in [-0.4, -0.2) is 14.7 Å². The lowest BCUT2D eigenvalue weighted by Gasteiger charge is -2.14. The lowest BCUT2D eigenvalue weighted by atomic mass is 10.2. The van der Waals surface area contributed by atoms with Crippen molar-refractivity contribution in [1.29, 1.82) is 5.41 Å². The Hall–Kier alpha value is -1.83. The molecule has 0 saturated heterocycles. The zero-order chi connectivity index (χ0) is 16.4. The number of nitrogens with zero attached hydrogens (tertiary/aromatic N) is 2. The highest BCUT2D eigenvalue weighted by molar-refractivity contribution is 8.93. The van der Waals surface area contributed by atoms with Gasteiger partial charge in [-0.2, -0.15) is 0 Å². The fourth-order valence-electron chi connectivity index (χ4n) is 2.30. The molecule has 0 fully saturated rings. The topological polar surface area (TPSA) is 84.8 Å². The molecule has 0 amide bonds. The van der Waals surface area contributed by atoms with Gasteiger partial charge < -0.3 is 5.73 Å². The molecule has 1 aromatic heterocycles. The Morgan fingerprint density at radius 3 is 2.58 bits per heavy atom. The molecular weight excluding hydrogens is 412 g/mol. The Kier molecular flexibility index (Phi) is 6.04. The minimum Gasteiger partial charge on any atom is -0.379 e. The van der Waals surface area contributed by atoms with E-state index >= 15 is 0 Å². The van der Waals surface area contributed by atoms with Gasteiger partial charge in [-0.1, -0.05) is 47.6 Å². The third-order valence-corrected chi connectivity index (χ3v) is 4.33. The fourth-order valence-corrected chi connectivity index (χ4v) is 3.00. The summed E-state index contributed by atoms with van der Waals surface area (Å²) in [6.45, 7) is 0. The third-order valence-electron chi connectivity index (χ3n) is 3.30. The first-order chi connectivity index (χ1) is 11.1. The van der Waals surface area contributed by atoms with E-state index < -0.39 is 0 Å². The van der Waals surface area contributed by atoms with E-state index in [4.69, 9.17) is 22.7 Å². The Morgan fingerprint density at radius 1 is 1.21 bits per heavy atom. The molecule has 124 valence electrons. The van der Waals surface area contributed by atoms with Gasteiger partial charge in [0.25, 0.3) is 5.56 Å². The number of rotatable bonds is 3. The van der Waals surface area contributed by atoms with E-state index in [1.165, 1.54) is 4.57 Å². The molecule has 0 aliphatic carbocycles. The quantitative estimate of drug-likeness (QED) is 0.494. The molecule has 3 aromatic rings. The van der Waals surface area contributed by atoms with E-state index in [1.807, 2.05) is 12.1 Å². The van der Waals surface area contributed by atoms with Crippen LogP contribution in [0.15, 0.2) is 53.3 Å². The molecule has 0 radical (unpaired) electrons. The first-order valence-corrected chi connectivity index (χ1v) is 8.16. The van der Waals surface area contributed by atoms with Crippen molar-refractivity contribution in [3.63, 3.8) is 0 Å². The van der Waals surface area contributed by atoms with Gasteiger partial charge in [-0.15, -0.1) is 17.0 Å². The van der Waals surface area contributed by atoms with E-state index in [9.17, 15) is 4.79 Å². The van der Waals surface area contributed by atoms with E-state index in [-0.39, 0.29) is 27.7 Å². The van der Waals surface area contributed by atoms with Gasteiger partial charge in [-0.3, -0.25) is 14.8 Å². The van der Waals surface area contributed by atoms with Crippen LogP contribution in [0.5, 0.6) is 0 Å². The lowest BCUT2D eigenvalue weighted by Crippen LogP contribution is -2.24. The smallest absolute Gasteiger partial charge is 0.266 e. The summed E-state index contributed by atoms with van der Waals surface area (Å²) < 4.78 is 1.49. The van der Waals surface area contributed by atoms with E-state index in [0.29, 0.717) is 33.2 Å².